The molecule has 0 unspecified atom stereocenters. The van der Waals surface area contributed by atoms with Crippen molar-refractivity contribution in [2.45, 2.75) is 24.7 Å². The summed E-state index contributed by atoms with van der Waals surface area (Å²) in [5.74, 6) is -0.330. The molecule has 0 spiro atoms. The van der Waals surface area contributed by atoms with Gasteiger partial charge in [0, 0.05) is 26.1 Å². The average molecular weight is 391 g/mol. The van der Waals surface area contributed by atoms with Gasteiger partial charge in [0.25, 0.3) is 5.69 Å². The molecule has 0 aliphatic heterocycles. The Kier molecular flexibility index (Phi) is 6.65. The molecule has 0 fully saturated rings. The van der Waals surface area contributed by atoms with Crippen molar-refractivity contribution in [3.05, 3.63) is 64.2 Å². The largest absolute Gasteiger partial charge is 0.326 e. The van der Waals surface area contributed by atoms with E-state index in [2.05, 4.69) is 5.32 Å². The molecule has 8 nitrogen and oxygen atoms in total. The minimum Gasteiger partial charge on any atom is -0.326 e. The maximum Gasteiger partial charge on any atom is 0.274 e. The van der Waals surface area contributed by atoms with Gasteiger partial charge in [-0.3, -0.25) is 14.9 Å². The van der Waals surface area contributed by atoms with Gasteiger partial charge in [-0.1, -0.05) is 24.3 Å². The van der Waals surface area contributed by atoms with E-state index in [1.54, 1.807) is 31.2 Å². The van der Waals surface area contributed by atoms with Crippen LogP contribution in [0, 0.1) is 17.0 Å². The van der Waals surface area contributed by atoms with E-state index in [9.17, 15) is 23.3 Å². The van der Waals surface area contributed by atoms with E-state index in [-0.39, 0.29) is 29.5 Å². The standard InChI is InChI=1S/C18H21N3O5S/c1-14-16(10-6-11-17(14)21(23)24)19-18(22)12-7-13-20(2)27(25,26)15-8-4-3-5-9-15/h3-6,8-11H,7,12-13H2,1-2H3,(H,19,22). The van der Waals surface area contributed by atoms with Crippen molar-refractivity contribution >= 4 is 27.3 Å². The zero-order chi connectivity index (χ0) is 20.0. The zero-order valence-electron chi connectivity index (χ0n) is 15.1. The van der Waals surface area contributed by atoms with Crippen molar-refractivity contribution in [3.8, 4) is 0 Å². The molecule has 2 rings (SSSR count). The maximum atomic E-state index is 12.4. The van der Waals surface area contributed by atoms with Crippen molar-refractivity contribution in [1.82, 2.24) is 4.31 Å². The smallest absolute Gasteiger partial charge is 0.274 e. The molecule has 1 N–H and O–H groups in total. The molecule has 144 valence electrons. The molecule has 0 aliphatic carbocycles. The minimum absolute atomic E-state index is 0.0681. The topological polar surface area (TPSA) is 110 Å². The number of hydrogen-bond acceptors (Lipinski definition) is 5. The summed E-state index contributed by atoms with van der Waals surface area (Å²) >= 11 is 0. The fourth-order valence-corrected chi connectivity index (χ4v) is 3.75. The van der Waals surface area contributed by atoms with Crippen molar-refractivity contribution in [2.24, 2.45) is 0 Å². The van der Waals surface area contributed by atoms with Crippen LogP contribution in [0.1, 0.15) is 18.4 Å². The maximum absolute atomic E-state index is 12.4. The van der Waals surface area contributed by atoms with Gasteiger partial charge < -0.3 is 5.32 Å². The molecular formula is C18H21N3O5S. The summed E-state index contributed by atoms with van der Waals surface area (Å²) in [4.78, 5) is 22.7. The lowest BCUT2D eigenvalue weighted by molar-refractivity contribution is -0.385. The van der Waals surface area contributed by atoms with Crippen LogP contribution in [-0.2, 0) is 14.8 Å². The third kappa shape index (κ3) is 5.11. The molecule has 9 heteroatoms. The van der Waals surface area contributed by atoms with E-state index in [0.29, 0.717) is 17.7 Å². The molecule has 0 saturated heterocycles. The third-order valence-corrected chi connectivity index (χ3v) is 5.98. The fraction of sp³-hybridized carbons (Fsp3) is 0.278. The Morgan fingerprint density at radius 2 is 1.81 bits per heavy atom. The second kappa shape index (κ2) is 8.74. The van der Waals surface area contributed by atoms with E-state index in [1.807, 2.05) is 0 Å². The van der Waals surface area contributed by atoms with Gasteiger partial charge in [0.15, 0.2) is 0 Å². The highest BCUT2D eigenvalue weighted by molar-refractivity contribution is 7.89. The second-order valence-corrected chi connectivity index (χ2v) is 8.04. The molecule has 0 radical (unpaired) electrons. The predicted molar refractivity (Wildman–Crippen MR) is 102 cm³/mol. The minimum atomic E-state index is -3.59. The summed E-state index contributed by atoms with van der Waals surface area (Å²) in [5, 5.41) is 13.6. The number of benzene rings is 2. The summed E-state index contributed by atoms with van der Waals surface area (Å²) in [6, 6.07) is 12.5. The molecule has 1 amide bonds. The molecule has 0 heterocycles. The number of nitrogens with zero attached hydrogens (tertiary/aromatic N) is 2. The first kappa shape index (κ1) is 20.5. The van der Waals surface area contributed by atoms with Gasteiger partial charge in [-0.05, 0) is 31.5 Å². The Labute approximate surface area is 158 Å². The van der Waals surface area contributed by atoms with E-state index >= 15 is 0 Å². The van der Waals surface area contributed by atoms with E-state index < -0.39 is 14.9 Å². The van der Waals surface area contributed by atoms with Crippen LogP contribution in [0.2, 0.25) is 0 Å². The van der Waals surface area contributed by atoms with Crippen LogP contribution >= 0.6 is 0 Å². The van der Waals surface area contributed by atoms with Crippen molar-refractivity contribution in [1.29, 1.82) is 0 Å². The van der Waals surface area contributed by atoms with Gasteiger partial charge in [-0.2, -0.15) is 0 Å². The summed E-state index contributed by atoms with van der Waals surface area (Å²) in [6.45, 7) is 1.74. The molecule has 0 aromatic heterocycles. The van der Waals surface area contributed by atoms with Crippen LogP contribution in [0.15, 0.2) is 53.4 Å². The highest BCUT2D eigenvalue weighted by Gasteiger charge is 2.20. The van der Waals surface area contributed by atoms with Gasteiger partial charge >= 0.3 is 0 Å². The van der Waals surface area contributed by atoms with Gasteiger partial charge in [0.05, 0.1) is 21.1 Å². The number of carbonyl (C=O) groups excluding carboxylic acids is 1. The van der Waals surface area contributed by atoms with Gasteiger partial charge in [-0.15, -0.1) is 0 Å². The lowest BCUT2D eigenvalue weighted by Gasteiger charge is -2.17. The number of nitro benzene ring substituents is 1. The molecule has 0 saturated carbocycles. The quantitative estimate of drug-likeness (QED) is 0.549. The van der Waals surface area contributed by atoms with Crippen molar-refractivity contribution in [2.75, 3.05) is 18.9 Å². The van der Waals surface area contributed by atoms with Gasteiger partial charge in [0.1, 0.15) is 0 Å². The molecule has 0 aliphatic rings. The Hall–Kier alpha value is -2.78. The van der Waals surface area contributed by atoms with Crippen molar-refractivity contribution in [3.63, 3.8) is 0 Å². The SMILES string of the molecule is Cc1c(NC(=O)CCCN(C)S(=O)(=O)c2ccccc2)cccc1[N+](=O)[O-]. The number of carbonyl (C=O) groups is 1. The summed E-state index contributed by atoms with van der Waals surface area (Å²) < 4.78 is 26.0. The summed E-state index contributed by atoms with van der Waals surface area (Å²) in [6.07, 6.45) is 0.416. The molecule has 2 aromatic rings. The normalized spacial score (nSPS) is 11.4. The lowest BCUT2D eigenvalue weighted by atomic mass is 10.1. The number of sulfonamides is 1. The van der Waals surface area contributed by atoms with Crippen LogP contribution in [-0.4, -0.2) is 37.1 Å². The highest BCUT2D eigenvalue weighted by atomic mass is 32.2. The third-order valence-electron chi connectivity index (χ3n) is 4.10. The molecule has 27 heavy (non-hydrogen) atoms. The first-order chi connectivity index (χ1) is 12.7. The monoisotopic (exact) mass is 391 g/mol. The van der Waals surface area contributed by atoms with Crippen LogP contribution in [0.4, 0.5) is 11.4 Å². The number of hydrogen-bond donors (Lipinski definition) is 1. The molecule has 2 aromatic carbocycles. The summed E-state index contributed by atoms with van der Waals surface area (Å²) in [7, 11) is -2.13. The number of nitrogens with one attached hydrogen (secondary N) is 1. The number of nitro groups is 1. The first-order valence-corrected chi connectivity index (χ1v) is 9.72. The molecular weight excluding hydrogens is 370 g/mol. The Morgan fingerprint density at radius 3 is 2.44 bits per heavy atom. The second-order valence-electron chi connectivity index (χ2n) is 6.00. The first-order valence-electron chi connectivity index (χ1n) is 8.28. The van der Waals surface area contributed by atoms with E-state index in [4.69, 9.17) is 0 Å². The Morgan fingerprint density at radius 1 is 1.15 bits per heavy atom. The number of anilines is 1. The van der Waals surface area contributed by atoms with Crippen molar-refractivity contribution < 1.29 is 18.1 Å². The highest BCUT2D eigenvalue weighted by Crippen LogP contribution is 2.25. The van der Waals surface area contributed by atoms with Gasteiger partial charge in [-0.25, -0.2) is 12.7 Å². The van der Waals surface area contributed by atoms with Crippen LogP contribution in [0.5, 0.6) is 0 Å². The predicted octanol–water partition coefficient (Wildman–Crippen LogP) is 2.94. The summed E-state index contributed by atoms with van der Waals surface area (Å²) in [5.41, 5.74) is 0.681. The number of amides is 1. The van der Waals surface area contributed by atoms with E-state index in [1.165, 1.54) is 35.6 Å². The number of rotatable bonds is 8. The lowest BCUT2D eigenvalue weighted by Crippen LogP contribution is -2.28. The van der Waals surface area contributed by atoms with Crippen LogP contribution in [0.3, 0.4) is 0 Å². The zero-order valence-corrected chi connectivity index (χ0v) is 15.9. The Balaban J connectivity index is 1.91. The van der Waals surface area contributed by atoms with Gasteiger partial charge in [0.2, 0.25) is 15.9 Å². The van der Waals surface area contributed by atoms with Crippen LogP contribution < -0.4 is 5.32 Å². The Bertz CT molecular complexity index is 929. The van der Waals surface area contributed by atoms with E-state index in [0.717, 1.165) is 0 Å². The van der Waals surface area contributed by atoms with Crippen LogP contribution in [0.25, 0.3) is 0 Å². The fourth-order valence-electron chi connectivity index (χ4n) is 2.52. The molecule has 0 bridgehead atoms. The average Bonchev–Trinajstić information content (AvgIpc) is 2.63. The molecule has 0 atom stereocenters.